The molecule has 0 spiro atoms. The van der Waals surface area contributed by atoms with Crippen molar-refractivity contribution < 1.29 is 23.1 Å². The predicted octanol–water partition coefficient (Wildman–Crippen LogP) is 2.13. The molecule has 0 saturated heterocycles. The molecule has 1 aromatic carbocycles. The zero-order valence-electron chi connectivity index (χ0n) is 13.9. The van der Waals surface area contributed by atoms with E-state index in [9.17, 15) is 23.1 Å². The number of carboxylic acid groups (broad SMARTS) is 1. The van der Waals surface area contributed by atoms with Gasteiger partial charge in [0.25, 0.3) is 5.91 Å². The van der Waals surface area contributed by atoms with Gasteiger partial charge in [0.15, 0.2) is 9.84 Å². The second-order valence-corrected chi connectivity index (χ2v) is 8.78. The molecule has 25 heavy (non-hydrogen) atoms. The van der Waals surface area contributed by atoms with E-state index in [4.69, 9.17) is 0 Å². The average Bonchev–Trinajstić information content (AvgIpc) is 3.01. The largest absolute Gasteiger partial charge is 0.481 e. The number of carbonyl (C=O) groups is 2. The van der Waals surface area contributed by atoms with Crippen LogP contribution in [0.3, 0.4) is 0 Å². The Bertz CT molecular complexity index is 886. The minimum Gasteiger partial charge on any atom is -0.481 e. The molecule has 0 aliphatic carbocycles. The summed E-state index contributed by atoms with van der Waals surface area (Å²) in [4.78, 5) is 23.9. The van der Waals surface area contributed by atoms with Crippen LogP contribution in [0.5, 0.6) is 0 Å². The zero-order chi connectivity index (χ0) is 18.6. The number of amides is 1. The molecular formula is C17H19NO5S2. The van der Waals surface area contributed by atoms with E-state index < -0.39 is 27.6 Å². The van der Waals surface area contributed by atoms with Crippen molar-refractivity contribution >= 4 is 33.1 Å². The summed E-state index contributed by atoms with van der Waals surface area (Å²) in [5.41, 5.74) is 1.93. The fourth-order valence-corrected chi connectivity index (χ4v) is 4.24. The molecule has 0 bridgehead atoms. The topological polar surface area (TPSA) is 101 Å². The number of aryl methyl sites for hydroxylation is 1. The molecule has 0 aliphatic rings. The van der Waals surface area contributed by atoms with Crippen molar-refractivity contribution in [2.45, 2.75) is 18.2 Å². The van der Waals surface area contributed by atoms with Crippen LogP contribution in [0.15, 0.2) is 40.6 Å². The van der Waals surface area contributed by atoms with Crippen molar-refractivity contribution in [2.75, 3.05) is 12.8 Å². The number of nitrogens with one attached hydrogen (secondary N) is 1. The monoisotopic (exact) mass is 381 g/mol. The van der Waals surface area contributed by atoms with Crippen molar-refractivity contribution in [3.05, 3.63) is 51.7 Å². The molecule has 1 amide bonds. The van der Waals surface area contributed by atoms with Crippen LogP contribution in [0, 0.1) is 12.8 Å². The van der Waals surface area contributed by atoms with Crippen molar-refractivity contribution in [1.82, 2.24) is 5.32 Å². The summed E-state index contributed by atoms with van der Waals surface area (Å²) < 4.78 is 22.9. The molecule has 1 aromatic heterocycles. The maximum Gasteiger partial charge on any atom is 0.308 e. The van der Waals surface area contributed by atoms with Crippen molar-refractivity contribution in [2.24, 2.45) is 5.92 Å². The third-order valence-electron chi connectivity index (χ3n) is 3.65. The van der Waals surface area contributed by atoms with Gasteiger partial charge in [-0.1, -0.05) is 29.8 Å². The lowest BCUT2D eigenvalue weighted by Gasteiger charge is -2.13. The number of rotatable bonds is 7. The molecule has 1 unspecified atom stereocenters. The van der Waals surface area contributed by atoms with E-state index in [0.29, 0.717) is 6.42 Å². The number of sulfone groups is 1. The summed E-state index contributed by atoms with van der Waals surface area (Å²) in [5.74, 6) is -2.24. The zero-order valence-corrected chi connectivity index (χ0v) is 15.5. The maximum absolute atomic E-state index is 12.1. The van der Waals surface area contributed by atoms with Gasteiger partial charge in [-0.2, -0.15) is 0 Å². The molecule has 0 radical (unpaired) electrons. The molecule has 6 nitrogen and oxygen atoms in total. The fourth-order valence-electron chi connectivity index (χ4n) is 2.31. The highest BCUT2D eigenvalue weighted by Crippen LogP contribution is 2.19. The van der Waals surface area contributed by atoms with Gasteiger partial charge in [0.2, 0.25) is 0 Å². The second kappa shape index (κ2) is 7.79. The van der Waals surface area contributed by atoms with Gasteiger partial charge in [-0.05, 0) is 25.0 Å². The summed E-state index contributed by atoms with van der Waals surface area (Å²) in [6, 6.07) is 8.85. The number of aliphatic carboxylic acids is 1. The lowest BCUT2D eigenvalue weighted by atomic mass is 9.98. The molecule has 1 heterocycles. The van der Waals surface area contributed by atoms with E-state index in [0.717, 1.165) is 28.7 Å². The molecular weight excluding hydrogens is 362 g/mol. The number of thiophene rings is 1. The first kappa shape index (κ1) is 19.1. The first-order chi connectivity index (χ1) is 11.7. The summed E-state index contributed by atoms with van der Waals surface area (Å²) in [6.45, 7) is 1.89. The molecule has 0 fully saturated rings. The lowest BCUT2D eigenvalue weighted by Crippen LogP contribution is -2.33. The Hall–Kier alpha value is -2.19. The Morgan fingerprint density at radius 2 is 2.00 bits per heavy atom. The second-order valence-electron chi connectivity index (χ2n) is 5.86. The Morgan fingerprint density at radius 3 is 2.56 bits per heavy atom. The van der Waals surface area contributed by atoms with E-state index in [1.165, 1.54) is 11.4 Å². The van der Waals surface area contributed by atoms with Crippen molar-refractivity contribution in [3.8, 4) is 0 Å². The van der Waals surface area contributed by atoms with Gasteiger partial charge in [-0.15, -0.1) is 11.3 Å². The summed E-state index contributed by atoms with van der Waals surface area (Å²) >= 11 is 1.01. The molecule has 2 N–H and O–H groups in total. The van der Waals surface area contributed by atoms with Crippen LogP contribution in [0.1, 0.15) is 20.8 Å². The van der Waals surface area contributed by atoms with Crippen LogP contribution in [-0.2, 0) is 21.1 Å². The molecule has 1 atom stereocenters. The quantitative estimate of drug-likeness (QED) is 0.765. The van der Waals surface area contributed by atoms with Gasteiger partial charge in [0.1, 0.15) is 0 Å². The predicted molar refractivity (Wildman–Crippen MR) is 95.8 cm³/mol. The molecule has 2 aromatic rings. The van der Waals surface area contributed by atoms with Crippen molar-refractivity contribution in [1.29, 1.82) is 0 Å². The summed E-state index contributed by atoms with van der Waals surface area (Å²) in [5, 5.41) is 13.3. The van der Waals surface area contributed by atoms with Crippen LogP contribution in [0.25, 0.3) is 0 Å². The van der Waals surface area contributed by atoms with Gasteiger partial charge < -0.3 is 10.4 Å². The maximum atomic E-state index is 12.1. The third kappa shape index (κ3) is 5.40. The van der Waals surface area contributed by atoms with E-state index in [1.807, 2.05) is 31.2 Å². The molecule has 0 saturated carbocycles. The molecule has 2 rings (SSSR count). The summed E-state index contributed by atoms with van der Waals surface area (Å²) in [7, 11) is -3.37. The first-order valence-electron chi connectivity index (χ1n) is 7.52. The Labute approximate surface area is 150 Å². The van der Waals surface area contributed by atoms with Gasteiger partial charge in [0, 0.05) is 18.2 Å². The standard InChI is InChI=1S/C17H19NO5S2/c1-11-4-3-5-12(6-11)7-13(17(20)21)9-18-16(19)15-8-14(10-24-15)25(2,22)23/h3-6,8,10,13H,7,9H2,1-2H3,(H,18,19)(H,20,21). The van der Waals surface area contributed by atoms with Crippen LogP contribution in [0.4, 0.5) is 0 Å². The highest BCUT2D eigenvalue weighted by Gasteiger charge is 2.21. The highest BCUT2D eigenvalue weighted by molar-refractivity contribution is 7.90. The number of carbonyl (C=O) groups excluding carboxylic acids is 1. The SMILES string of the molecule is Cc1cccc(CC(CNC(=O)c2cc(S(C)(=O)=O)cs2)C(=O)O)c1. The Kier molecular flexibility index (Phi) is 5.97. The van der Waals surface area contributed by atoms with Crippen LogP contribution < -0.4 is 5.32 Å². The number of hydrogen-bond acceptors (Lipinski definition) is 5. The highest BCUT2D eigenvalue weighted by atomic mass is 32.2. The minimum absolute atomic E-state index is 0.0335. The van der Waals surface area contributed by atoms with Crippen LogP contribution in [0.2, 0.25) is 0 Å². The normalized spacial score (nSPS) is 12.6. The summed E-state index contributed by atoms with van der Waals surface area (Å²) in [6.07, 6.45) is 1.37. The molecule has 134 valence electrons. The number of carboxylic acids is 1. The van der Waals surface area contributed by atoms with E-state index in [-0.39, 0.29) is 16.3 Å². The third-order valence-corrected chi connectivity index (χ3v) is 5.82. The molecule has 0 aliphatic heterocycles. The van der Waals surface area contributed by atoms with Gasteiger partial charge in [-0.3, -0.25) is 9.59 Å². The Balaban J connectivity index is 2.02. The van der Waals surface area contributed by atoms with E-state index >= 15 is 0 Å². The number of hydrogen-bond donors (Lipinski definition) is 2. The number of benzene rings is 1. The average molecular weight is 381 g/mol. The smallest absolute Gasteiger partial charge is 0.308 e. The molecule has 8 heteroatoms. The van der Waals surface area contributed by atoms with Crippen molar-refractivity contribution in [3.63, 3.8) is 0 Å². The minimum atomic E-state index is -3.37. The lowest BCUT2D eigenvalue weighted by molar-refractivity contribution is -0.141. The Morgan fingerprint density at radius 1 is 1.28 bits per heavy atom. The first-order valence-corrected chi connectivity index (χ1v) is 10.3. The fraction of sp³-hybridized carbons (Fsp3) is 0.294. The van der Waals surface area contributed by atoms with Crippen LogP contribution in [-0.4, -0.2) is 38.2 Å². The van der Waals surface area contributed by atoms with E-state index in [1.54, 1.807) is 0 Å². The van der Waals surface area contributed by atoms with Gasteiger partial charge in [-0.25, -0.2) is 8.42 Å². The van der Waals surface area contributed by atoms with Gasteiger partial charge in [0.05, 0.1) is 15.7 Å². The van der Waals surface area contributed by atoms with E-state index in [2.05, 4.69) is 5.32 Å². The van der Waals surface area contributed by atoms with Crippen LogP contribution >= 0.6 is 11.3 Å². The van der Waals surface area contributed by atoms with Gasteiger partial charge >= 0.3 is 5.97 Å².